The summed E-state index contributed by atoms with van der Waals surface area (Å²) in [5, 5.41) is 1.01. The van der Waals surface area contributed by atoms with E-state index in [4.69, 9.17) is 48.7 Å². The van der Waals surface area contributed by atoms with Gasteiger partial charge in [0.05, 0.1) is 45.8 Å². The number of ether oxygens (including phenoxy) is 2. The molecule has 3 aromatic carbocycles. The van der Waals surface area contributed by atoms with E-state index in [0.717, 1.165) is 0 Å². The average molecular weight is 730 g/mol. The van der Waals surface area contributed by atoms with Gasteiger partial charge >= 0.3 is 5.97 Å². The Morgan fingerprint density at radius 2 is 1.60 bits per heavy atom. The Bertz CT molecular complexity index is 2000. The van der Waals surface area contributed by atoms with Gasteiger partial charge in [-0.15, -0.1) is 0 Å². The Morgan fingerprint density at radius 3 is 2.25 bits per heavy atom. The number of allylic oxidation sites excluding steroid dienone is 1. The topological polar surface area (TPSA) is 106 Å². The number of nitrogens with zero attached hydrogens (tertiary/aromatic N) is 2. The smallest absolute Gasteiger partial charge is 0.340 e. The number of furan rings is 1. The fourth-order valence-electron chi connectivity index (χ4n) is 5.15. The third-order valence-electron chi connectivity index (χ3n) is 7.38. The second kappa shape index (κ2) is 15.0. The summed E-state index contributed by atoms with van der Waals surface area (Å²) in [6.07, 6.45) is 1.45. The highest BCUT2D eigenvalue weighted by atomic mass is 35.5. The van der Waals surface area contributed by atoms with Gasteiger partial charge in [-0.3, -0.25) is 9.69 Å². The SMILES string of the molecule is CCOC(=O)C1=C(C)N(c2ccc(OCC)cc2)C(=O)/C1=C/c1ccc(CN(Cc2ccc(Cl)c(Cl)c2)S(=O)(=O)c2ccc(Cl)cc2)o1. The van der Waals surface area contributed by atoms with Crippen LogP contribution in [0.5, 0.6) is 5.75 Å². The van der Waals surface area contributed by atoms with Crippen molar-refractivity contribution in [3.05, 3.63) is 128 Å². The van der Waals surface area contributed by atoms with Crippen molar-refractivity contribution in [1.82, 2.24) is 4.31 Å². The minimum atomic E-state index is -4.05. The minimum Gasteiger partial charge on any atom is -0.494 e. The number of sulfonamides is 1. The van der Waals surface area contributed by atoms with Gasteiger partial charge in [-0.2, -0.15) is 4.31 Å². The number of anilines is 1. The van der Waals surface area contributed by atoms with E-state index in [1.807, 2.05) is 6.92 Å². The zero-order valence-corrected chi connectivity index (χ0v) is 29.3. The maximum absolute atomic E-state index is 13.8. The van der Waals surface area contributed by atoms with Crippen LogP contribution in [0.4, 0.5) is 5.69 Å². The molecule has 13 heteroatoms. The van der Waals surface area contributed by atoms with Gasteiger partial charge in [0.25, 0.3) is 5.91 Å². The Morgan fingerprint density at radius 1 is 0.896 bits per heavy atom. The van der Waals surface area contributed by atoms with E-state index in [0.29, 0.717) is 39.3 Å². The highest BCUT2D eigenvalue weighted by Crippen LogP contribution is 2.36. The predicted octanol–water partition coefficient (Wildman–Crippen LogP) is 8.30. The first-order valence-electron chi connectivity index (χ1n) is 14.9. The van der Waals surface area contributed by atoms with Crippen molar-refractivity contribution < 1.29 is 31.9 Å². The van der Waals surface area contributed by atoms with Crippen LogP contribution in [0.2, 0.25) is 15.1 Å². The lowest BCUT2D eigenvalue weighted by molar-refractivity contribution is -0.138. The monoisotopic (exact) mass is 728 g/mol. The van der Waals surface area contributed by atoms with Crippen LogP contribution in [0, 0.1) is 0 Å². The highest BCUT2D eigenvalue weighted by molar-refractivity contribution is 7.89. The van der Waals surface area contributed by atoms with Crippen LogP contribution in [0.1, 0.15) is 37.9 Å². The summed E-state index contributed by atoms with van der Waals surface area (Å²) in [5.41, 5.74) is 1.70. The van der Waals surface area contributed by atoms with Gasteiger partial charge in [-0.1, -0.05) is 40.9 Å². The van der Waals surface area contributed by atoms with Gasteiger partial charge in [0, 0.05) is 23.0 Å². The Kier molecular flexibility index (Phi) is 11.0. The molecule has 4 aromatic rings. The number of halogens is 3. The molecule has 0 spiro atoms. The number of hydrogen-bond acceptors (Lipinski definition) is 7. The van der Waals surface area contributed by atoms with Crippen LogP contribution in [0.3, 0.4) is 0 Å². The number of carbonyl (C=O) groups is 2. The van der Waals surface area contributed by atoms with E-state index >= 15 is 0 Å². The first kappa shape index (κ1) is 35.3. The number of carbonyl (C=O) groups excluding carboxylic acids is 2. The first-order valence-corrected chi connectivity index (χ1v) is 17.5. The van der Waals surface area contributed by atoms with E-state index in [9.17, 15) is 18.0 Å². The molecule has 5 rings (SSSR count). The normalized spacial score (nSPS) is 14.4. The molecule has 0 unspecified atom stereocenters. The van der Waals surface area contributed by atoms with Crippen LogP contribution < -0.4 is 9.64 Å². The summed E-state index contributed by atoms with van der Waals surface area (Å²) in [5.74, 6) is 0.0488. The van der Waals surface area contributed by atoms with Crippen molar-refractivity contribution in [3.8, 4) is 5.75 Å². The molecule has 1 amide bonds. The molecule has 2 heterocycles. The number of amides is 1. The van der Waals surface area contributed by atoms with Crippen molar-refractivity contribution in [2.24, 2.45) is 0 Å². The molecule has 0 saturated carbocycles. The summed E-state index contributed by atoms with van der Waals surface area (Å²) in [4.78, 5) is 28.4. The fraction of sp³-hybridized carbons (Fsp3) is 0.200. The molecule has 1 aromatic heterocycles. The van der Waals surface area contributed by atoms with E-state index in [2.05, 4.69) is 0 Å². The summed E-state index contributed by atoms with van der Waals surface area (Å²) >= 11 is 18.3. The highest BCUT2D eigenvalue weighted by Gasteiger charge is 2.38. The number of rotatable bonds is 12. The van der Waals surface area contributed by atoms with Gasteiger partial charge in [0.2, 0.25) is 10.0 Å². The molecule has 1 aliphatic rings. The van der Waals surface area contributed by atoms with Crippen LogP contribution in [-0.4, -0.2) is 37.8 Å². The Balaban J connectivity index is 1.48. The van der Waals surface area contributed by atoms with Crippen molar-refractivity contribution in [2.75, 3.05) is 18.1 Å². The average Bonchev–Trinajstić information content (AvgIpc) is 3.60. The summed E-state index contributed by atoms with van der Waals surface area (Å²) in [7, 11) is -4.05. The zero-order chi connectivity index (χ0) is 34.6. The molecule has 48 heavy (non-hydrogen) atoms. The molecule has 0 fully saturated rings. The van der Waals surface area contributed by atoms with Crippen molar-refractivity contribution in [2.45, 2.75) is 38.8 Å². The molecule has 0 saturated heterocycles. The maximum Gasteiger partial charge on any atom is 0.340 e. The van der Waals surface area contributed by atoms with E-state index in [-0.39, 0.29) is 52.3 Å². The molecular formula is C35H31Cl3N2O7S. The van der Waals surface area contributed by atoms with Gasteiger partial charge in [0.15, 0.2) is 0 Å². The summed E-state index contributed by atoms with van der Waals surface area (Å²) < 4.78 is 45.8. The third kappa shape index (κ3) is 7.64. The molecule has 1 aliphatic heterocycles. The lowest BCUT2D eigenvalue weighted by Gasteiger charge is -2.22. The second-order valence-corrected chi connectivity index (χ2v) is 13.8. The number of esters is 1. The molecule has 9 nitrogen and oxygen atoms in total. The summed E-state index contributed by atoms with van der Waals surface area (Å²) in [6, 6.07) is 20.9. The lowest BCUT2D eigenvalue weighted by Crippen LogP contribution is -2.30. The third-order valence-corrected chi connectivity index (χ3v) is 10.2. The lowest BCUT2D eigenvalue weighted by atomic mass is 10.1. The Labute approximate surface area is 293 Å². The molecular weight excluding hydrogens is 699 g/mol. The predicted molar refractivity (Wildman–Crippen MR) is 185 cm³/mol. The molecule has 250 valence electrons. The van der Waals surface area contributed by atoms with E-state index < -0.39 is 21.9 Å². The van der Waals surface area contributed by atoms with Gasteiger partial charge in [-0.25, -0.2) is 13.2 Å². The quantitative estimate of drug-likeness (QED) is 0.107. The van der Waals surface area contributed by atoms with E-state index in [1.54, 1.807) is 68.4 Å². The van der Waals surface area contributed by atoms with Crippen molar-refractivity contribution in [3.63, 3.8) is 0 Å². The van der Waals surface area contributed by atoms with Gasteiger partial charge in [-0.05, 0) is 105 Å². The molecule has 0 N–H and O–H groups in total. The standard InChI is InChI=1S/C35H31Cl3N2O7S/c1-4-45-26-11-9-25(10-12-26)40-22(3)33(35(42)46-5-2)30(34(40)41)19-27-13-14-28(47-27)21-39(20-23-6-17-31(37)32(38)18-23)48(43,44)29-15-7-24(36)8-16-29/h6-19H,4-5,20-21H2,1-3H3/b30-19+. The summed E-state index contributed by atoms with van der Waals surface area (Å²) in [6.45, 7) is 5.60. The van der Waals surface area contributed by atoms with Crippen molar-refractivity contribution in [1.29, 1.82) is 0 Å². The van der Waals surface area contributed by atoms with Crippen LogP contribution in [0.25, 0.3) is 6.08 Å². The van der Waals surface area contributed by atoms with E-state index in [1.165, 1.54) is 39.5 Å². The minimum absolute atomic E-state index is 0.0338. The van der Waals surface area contributed by atoms with Crippen LogP contribution in [0.15, 0.2) is 105 Å². The molecule has 0 aliphatic carbocycles. The molecule has 0 atom stereocenters. The van der Waals surface area contributed by atoms with Gasteiger partial charge < -0.3 is 13.9 Å². The Hall–Kier alpha value is -4.06. The maximum atomic E-state index is 13.8. The fourth-order valence-corrected chi connectivity index (χ4v) is 6.99. The molecule has 0 bridgehead atoms. The molecule has 0 radical (unpaired) electrons. The van der Waals surface area contributed by atoms with Gasteiger partial charge in [0.1, 0.15) is 17.3 Å². The largest absolute Gasteiger partial charge is 0.494 e. The zero-order valence-electron chi connectivity index (χ0n) is 26.2. The number of hydrogen-bond donors (Lipinski definition) is 0. The number of benzene rings is 3. The first-order chi connectivity index (χ1) is 22.9. The van der Waals surface area contributed by atoms with Crippen LogP contribution in [-0.2, 0) is 37.4 Å². The van der Waals surface area contributed by atoms with Crippen LogP contribution >= 0.6 is 34.8 Å². The van der Waals surface area contributed by atoms with Crippen molar-refractivity contribution >= 4 is 68.5 Å². The second-order valence-electron chi connectivity index (χ2n) is 10.6.